The van der Waals surface area contributed by atoms with Gasteiger partial charge in [0.05, 0.1) is 0 Å². The predicted octanol–water partition coefficient (Wildman–Crippen LogP) is -0.288. The number of rotatable bonds is 2. The minimum Gasteiger partial charge on any atom is -0.327 e. The van der Waals surface area contributed by atoms with Crippen molar-refractivity contribution in [3.63, 3.8) is 0 Å². The van der Waals surface area contributed by atoms with E-state index in [2.05, 4.69) is 0 Å². The third-order valence-corrected chi connectivity index (χ3v) is 1.49. The molecule has 0 rings (SSSR count). The van der Waals surface area contributed by atoms with Crippen molar-refractivity contribution in [1.29, 1.82) is 0 Å². The molecule has 0 aromatic carbocycles. The lowest BCUT2D eigenvalue weighted by atomic mass is 10.4. The molecule has 2 N–H and O–H groups in total. The van der Waals surface area contributed by atoms with Crippen LogP contribution in [0.4, 0.5) is 0 Å². The van der Waals surface area contributed by atoms with Crippen molar-refractivity contribution in [3.8, 4) is 0 Å². The summed E-state index contributed by atoms with van der Waals surface area (Å²) < 4.78 is 10.3. The maximum absolute atomic E-state index is 10.3. The summed E-state index contributed by atoms with van der Waals surface area (Å²) in [4.78, 5) is 0. The Bertz CT molecular complexity index is 72.1. The Morgan fingerprint density at radius 1 is 1.86 bits per heavy atom. The van der Waals surface area contributed by atoms with Gasteiger partial charge in [-0.05, 0) is 6.92 Å². The number of hydrogen-bond acceptors (Lipinski definition) is 2. The molecule has 0 aliphatic carbocycles. The maximum atomic E-state index is 10.3. The van der Waals surface area contributed by atoms with Gasteiger partial charge >= 0.3 is 0 Å². The van der Waals surface area contributed by atoms with E-state index in [1.807, 2.05) is 6.92 Å². The van der Waals surface area contributed by atoms with Crippen LogP contribution in [0, 0.1) is 0 Å². The van der Waals surface area contributed by atoms with E-state index >= 15 is 0 Å². The van der Waals surface area contributed by atoms with E-state index in [1.54, 1.807) is 6.26 Å². The average Bonchev–Trinajstić information content (AvgIpc) is 1.27. The Kier molecular flexibility index (Phi) is 3.21. The van der Waals surface area contributed by atoms with Crippen LogP contribution >= 0.6 is 0 Å². The molecule has 3 heteroatoms. The quantitative estimate of drug-likeness (QED) is 0.545. The lowest BCUT2D eigenvalue weighted by molar-refractivity contribution is 0.680. The van der Waals surface area contributed by atoms with Crippen LogP contribution in [0.15, 0.2) is 0 Å². The normalized spacial score (nSPS) is 18.7. The van der Waals surface area contributed by atoms with Crippen LogP contribution in [0.3, 0.4) is 0 Å². The predicted molar refractivity (Wildman–Crippen MR) is 32.6 cm³/mol. The summed E-state index contributed by atoms with van der Waals surface area (Å²) in [6.45, 7) is 1.85. The highest BCUT2D eigenvalue weighted by Gasteiger charge is 1.93. The van der Waals surface area contributed by atoms with Crippen LogP contribution in [-0.4, -0.2) is 22.3 Å². The molecule has 0 amide bonds. The second kappa shape index (κ2) is 3.16. The fraction of sp³-hybridized carbons (Fsp3) is 1.00. The Morgan fingerprint density at radius 2 is 2.29 bits per heavy atom. The third-order valence-electron chi connectivity index (χ3n) is 0.498. The molecule has 2 nitrogen and oxygen atoms in total. The fourth-order valence-electron chi connectivity index (χ4n) is 0.370. The van der Waals surface area contributed by atoms with Gasteiger partial charge in [-0.3, -0.25) is 4.21 Å². The second-order valence-electron chi connectivity index (χ2n) is 1.72. The molecule has 0 saturated heterocycles. The Labute approximate surface area is 46.5 Å². The lowest BCUT2D eigenvalue weighted by Crippen LogP contribution is -2.22. The molecule has 7 heavy (non-hydrogen) atoms. The lowest BCUT2D eigenvalue weighted by Gasteiger charge is -1.97. The summed E-state index contributed by atoms with van der Waals surface area (Å²) in [6.07, 6.45) is 1.66. The Hall–Kier alpha value is 0.110. The molecule has 0 radical (unpaired) electrons. The fourth-order valence-corrected chi connectivity index (χ4v) is 1.11. The summed E-state index contributed by atoms with van der Waals surface area (Å²) in [5.41, 5.74) is 5.30. The first-order chi connectivity index (χ1) is 3.13. The van der Waals surface area contributed by atoms with Gasteiger partial charge in [0.2, 0.25) is 0 Å². The molecule has 2 atom stereocenters. The van der Waals surface area contributed by atoms with E-state index in [-0.39, 0.29) is 6.04 Å². The number of nitrogens with two attached hydrogens (primary N) is 1. The van der Waals surface area contributed by atoms with Gasteiger partial charge in [0.25, 0.3) is 0 Å². The van der Waals surface area contributed by atoms with Gasteiger partial charge in [-0.25, -0.2) is 0 Å². The van der Waals surface area contributed by atoms with Crippen molar-refractivity contribution in [2.75, 3.05) is 12.0 Å². The van der Waals surface area contributed by atoms with Gasteiger partial charge in [0.15, 0.2) is 0 Å². The van der Waals surface area contributed by atoms with Crippen molar-refractivity contribution in [2.45, 2.75) is 13.0 Å². The molecule has 0 aliphatic heterocycles. The topological polar surface area (TPSA) is 43.1 Å². The molecular weight excluding hydrogens is 110 g/mol. The van der Waals surface area contributed by atoms with E-state index in [0.29, 0.717) is 5.75 Å². The van der Waals surface area contributed by atoms with Crippen molar-refractivity contribution in [2.24, 2.45) is 5.73 Å². The highest BCUT2D eigenvalue weighted by atomic mass is 32.2. The van der Waals surface area contributed by atoms with Gasteiger partial charge in [0.1, 0.15) is 0 Å². The van der Waals surface area contributed by atoms with E-state index in [9.17, 15) is 4.21 Å². The third kappa shape index (κ3) is 6.11. The van der Waals surface area contributed by atoms with Crippen LogP contribution in [-0.2, 0) is 10.8 Å². The summed E-state index contributed by atoms with van der Waals surface area (Å²) in [5, 5.41) is 0. The van der Waals surface area contributed by atoms with E-state index in [0.717, 1.165) is 0 Å². The van der Waals surface area contributed by atoms with E-state index in [1.165, 1.54) is 0 Å². The van der Waals surface area contributed by atoms with Gasteiger partial charge in [0, 0.05) is 28.9 Å². The molecular formula is C4H11NOS. The van der Waals surface area contributed by atoms with Gasteiger partial charge < -0.3 is 5.73 Å². The molecule has 0 aromatic heterocycles. The minimum atomic E-state index is -0.721. The van der Waals surface area contributed by atoms with Crippen LogP contribution in [0.25, 0.3) is 0 Å². The smallest absolute Gasteiger partial charge is 0.0381 e. The molecule has 0 aliphatic rings. The highest BCUT2D eigenvalue weighted by Crippen LogP contribution is 1.77. The van der Waals surface area contributed by atoms with E-state index < -0.39 is 10.8 Å². The van der Waals surface area contributed by atoms with Crippen LogP contribution < -0.4 is 5.73 Å². The Morgan fingerprint density at radius 3 is 2.29 bits per heavy atom. The van der Waals surface area contributed by atoms with E-state index in [4.69, 9.17) is 5.73 Å². The molecule has 0 saturated carbocycles. The first kappa shape index (κ1) is 7.11. The standard InChI is InChI=1S/C4H11NOS/c1-4(5)3-7(2)6/h4H,3,5H2,1-2H3/t4-,7-/m0/s1. The zero-order chi connectivity index (χ0) is 5.86. The largest absolute Gasteiger partial charge is 0.327 e. The van der Waals surface area contributed by atoms with Crippen molar-refractivity contribution in [3.05, 3.63) is 0 Å². The van der Waals surface area contributed by atoms with Crippen LogP contribution in [0.2, 0.25) is 0 Å². The summed E-state index contributed by atoms with van der Waals surface area (Å²) in [5.74, 6) is 0.611. The summed E-state index contributed by atoms with van der Waals surface area (Å²) >= 11 is 0. The van der Waals surface area contributed by atoms with Gasteiger partial charge in [-0.15, -0.1) is 0 Å². The van der Waals surface area contributed by atoms with Crippen LogP contribution in [0.5, 0.6) is 0 Å². The summed E-state index contributed by atoms with van der Waals surface area (Å²) in [6, 6.07) is 0.0748. The molecule has 0 bridgehead atoms. The maximum Gasteiger partial charge on any atom is 0.0381 e. The first-order valence-electron chi connectivity index (χ1n) is 2.18. The van der Waals surface area contributed by atoms with Gasteiger partial charge in [-0.1, -0.05) is 0 Å². The SMILES string of the molecule is C[C@H](N)C[S@](C)=O. The second-order valence-corrected chi connectivity index (χ2v) is 3.20. The minimum absolute atomic E-state index is 0.0748. The monoisotopic (exact) mass is 121 g/mol. The van der Waals surface area contributed by atoms with Gasteiger partial charge in [-0.2, -0.15) is 0 Å². The van der Waals surface area contributed by atoms with Crippen LogP contribution in [0.1, 0.15) is 6.92 Å². The average molecular weight is 121 g/mol. The molecule has 0 spiro atoms. The molecule has 44 valence electrons. The zero-order valence-electron chi connectivity index (χ0n) is 4.68. The van der Waals surface area contributed by atoms with Crippen molar-refractivity contribution in [1.82, 2.24) is 0 Å². The highest BCUT2D eigenvalue weighted by molar-refractivity contribution is 7.84. The summed E-state index contributed by atoms with van der Waals surface area (Å²) in [7, 11) is -0.721. The zero-order valence-corrected chi connectivity index (χ0v) is 5.49. The molecule has 0 unspecified atom stereocenters. The van der Waals surface area contributed by atoms with Crippen molar-refractivity contribution >= 4 is 10.8 Å². The molecule has 0 aromatic rings. The molecule has 0 fully saturated rings. The number of hydrogen-bond donors (Lipinski definition) is 1. The Balaban J connectivity index is 3.13. The van der Waals surface area contributed by atoms with Crippen molar-refractivity contribution < 1.29 is 4.21 Å². The molecule has 0 heterocycles. The first-order valence-corrected chi connectivity index (χ1v) is 3.91.